The van der Waals surface area contributed by atoms with Crippen LogP contribution in [-0.2, 0) is 32.1 Å². The Bertz CT molecular complexity index is 1380. The second-order valence-electron chi connectivity index (χ2n) is 11.1. The number of nitrogens with one attached hydrogen (secondary N) is 2. The Hall–Kier alpha value is -3.25. The number of nitrogens with zero attached hydrogens (tertiary/aromatic N) is 3. The van der Waals surface area contributed by atoms with Gasteiger partial charge < -0.3 is 31.1 Å². The van der Waals surface area contributed by atoms with Gasteiger partial charge in [0.05, 0.1) is 15.7 Å². The van der Waals surface area contributed by atoms with Crippen LogP contribution in [0.3, 0.4) is 0 Å². The Labute approximate surface area is 260 Å². The lowest BCUT2D eigenvalue weighted by Crippen LogP contribution is -2.56. The first-order valence-corrected chi connectivity index (χ1v) is 15.0. The average Bonchev–Trinajstić information content (AvgIpc) is 3.50. The van der Waals surface area contributed by atoms with Gasteiger partial charge in [0.2, 0.25) is 23.6 Å². The third-order valence-corrected chi connectivity index (χ3v) is 8.83. The summed E-state index contributed by atoms with van der Waals surface area (Å²) in [6, 6.07) is 8.39. The number of carbonyl (C=O) groups is 4. The van der Waals surface area contributed by atoms with Gasteiger partial charge in [0.15, 0.2) is 5.82 Å². The molecule has 1 fully saturated rings. The fourth-order valence-corrected chi connectivity index (χ4v) is 5.78. The first-order chi connectivity index (χ1) is 20.5. The molecule has 10 nitrogen and oxygen atoms in total. The maximum Gasteiger partial charge on any atom is 0.247 e. The Morgan fingerprint density at radius 3 is 2.44 bits per heavy atom. The van der Waals surface area contributed by atoms with E-state index in [1.807, 2.05) is 38.4 Å². The second-order valence-corrected chi connectivity index (χ2v) is 11.9. The summed E-state index contributed by atoms with van der Waals surface area (Å²) in [5.41, 5.74) is 7.35. The molecule has 0 unspecified atom stereocenters. The van der Waals surface area contributed by atoms with Crippen LogP contribution in [0.1, 0.15) is 36.8 Å². The highest BCUT2D eigenvalue weighted by atomic mass is 35.5. The number of halogens is 3. The molecule has 0 radical (unpaired) electrons. The van der Waals surface area contributed by atoms with Crippen molar-refractivity contribution in [2.75, 3.05) is 39.0 Å². The minimum absolute atomic E-state index is 0.00815. The lowest BCUT2D eigenvalue weighted by molar-refractivity contribution is -0.144. The summed E-state index contributed by atoms with van der Waals surface area (Å²) >= 11 is 11.7. The van der Waals surface area contributed by atoms with Gasteiger partial charge in [-0.05, 0) is 56.7 Å². The van der Waals surface area contributed by atoms with E-state index in [-0.39, 0.29) is 72.4 Å². The lowest BCUT2D eigenvalue weighted by Gasteiger charge is -2.37. The molecule has 0 aliphatic carbocycles. The Morgan fingerprint density at radius 2 is 1.77 bits per heavy atom. The molecule has 0 spiro atoms. The normalized spacial score (nSPS) is 18.8. The van der Waals surface area contributed by atoms with Crippen molar-refractivity contribution >= 4 is 52.5 Å². The number of likely N-dealkylation sites (N-methyl/N-ethyl adjacent to an activating group) is 1. The van der Waals surface area contributed by atoms with Crippen LogP contribution in [0.5, 0.6) is 0 Å². The Balaban J connectivity index is 1.46. The topological polar surface area (TPSA) is 128 Å². The zero-order valence-electron chi connectivity index (χ0n) is 24.2. The molecule has 2 heterocycles. The number of hydrogen-bond acceptors (Lipinski definition) is 6. The fraction of sp³-hybridized carbons (Fsp3) is 0.467. The third kappa shape index (κ3) is 7.83. The summed E-state index contributed by atoms with van der Waals surface area (Å²) in [6.07, 6.45) is 1.18. The zero-order chi connectivity index (χ0) is 31.3. The van der Waals surface area contributed by atoms with Gasteiger partial charge in [-0.2, -0.15) is 0 Å². The van der Waals surface area contributed by atoms with Crippen LogP contribution >= 0.6 is 23.2 Å². The zero-order valence-corrected chi connectivity index (χ0v) is 25.8. The smallest absolute Gasteiger partial charge is 0.247 e. The number of nitrogens with two attached hydrogens (primary N) is 1. The van der Waals surface area contributed by atoms with Crippen molar-refractivity contribution in [2.45, 2.75) is 56.8 Å². The molecule has 232 valence electrons. The highest BCUT2D eigenvalue weighted by molar-refractivity contribution is 6.42. The number of fused-ring (bicyclic) bond motifs is 1. The summed E-state index contributed by atoms with van der Waals surface area (Å²) < 4.78 is 14.6. The molecule has 3 atom stereocenters. The lowest BCUT2D eigenvalue weighted by atomic mass is 9.92. The summed E-state index contributed by atoms with van der Waals surface area (Å²) in [4.78, 5) is 58.5. The molecule has 4 rings (SSSR count). The Kier molecular flexibility index (Phi) is 11.0. The van der Waals surface area contributed by atoms with E-state index in [4.69, 9.17) is 28.9 Å². The fourth-order valence-electron chi connectivity index (χ4n) is 5.47. The van der Waals surface area contributed by atoms with Crippen LogP contribution < -0.4 is 16.4 Å². The van der Waals surface area contributed by atoms with Crippen LogP contribution in [0.2, 0.25) is 10.0 Å². The van der Waals surface area contributed by atoms with Gasteiger partial charge in [0, 0.05) is 44.9 Å². The maximum absolute atomic E-state index is 14.6. The molecule has 2 aliphatic heterocycles. The van der Waals surface area contributed by atoms with E-state index in [1.165, 1.54) is 17.0 Å². The minimum Gasteiger partial charge on any atom is -0.342 e. The minimum atomic E-state index is -1.11. The molecule has 0 bridgehead atoms. The van der Waals surface area contributed by atoms with Gasteiger partial charge in [-0.3, -0.25) is 19.2 Å². The number of anilines is 1. The molecular formula is C30H37Cl2FN6O4. The third-order valence-electron chi connectivity index (χ3n) is 8.05. The quantitative estimate of drug-likeness (QED) is 0.345. The van der Waals surface area contributed by atoms with Crippen molar-refractivity contribution in [1.29, 1.82) is 0 Å². The van der Waals surface area contributed by atoms with E-state index >= 15 is 0 Å². The molecule has 2 aromatic rings. The van der Waals surface area contributed by atoms with Crippen LogP contribution in [-0.4, -0.2) is 90.2 Å². The monoisotopic (exact) mass is 634 g/mol. The van der Waals surface area contributed by atoms with Gasteiger partial charge in [0.25, 0.3) is 0 Å². The predicted octanol–water partition coefficient (Wildman–Crippen LogP) is 2.80. The molecule has 0 saturated carbocycles. The van der Waals surface area contributed by atoms with Crippen LogP contribution in [0.15, 0.2) is 36.4 Å². The van der Waals surface area contributed by atoms with E-state index in [2.05, 4.69) is 15.5 Å². The second kappa shape index (κ2) is 14.5. The van der Waals surface area contributed by atoms with Crippen molar-refractivity contribution in [2.24, 2.45) is 5.73 Å². The summed E-state index contributed by atoms with van der Waals surface area (Å²) in [7, 11) is 3.96. The maximum atomic E-state index is 14.6. The van der Waals surface area contributed by atoms with Gasteiger partial charge in [-0.15, -0.1) is 0 Å². The number of benzene rings is 2. The van der Waals surface area contributed by atoms with Gasteiger partial charge in [0.1, 0.15) is 12.1 Å². The van der Waals surface area contributed by atoms with Gasteiger partial charge in [-0.1, -0.05) is 47.5 Å². The largest absolute Gasteiger partial charge is 0.342 e. The van der Waals surface area contributed by atoms with Crippen molar-refractivity contribution in [3.8, 4) is 0 Å². The number of rotatable bonds is 10. The molecule has 13 heteroatoms. The van der Waals surface area contributed by atoms with Crippen LogP contribution in [0.4, 0.5) is 10.1 Å². The molecule has 4 N–H and O–H groups in total. The van der Waals surface area contributed by atoms with Crippen LogP contribution in [0.25, 0.3) is 0 Å². The molecule has 2 aliphatic rings. The predicted molar refractivity (Wildman–Crippen MR) is 163 cm³/mol. The van der Waals surface area contributed by atoms with Crippen molar-refractivity contribution in [3.05, 3.63) is 63.4 Å². The Morgan fingerprint density at radius 1 is 1.07 bits per heavy atom. The van der Waals surface area contributed by atoms with Crippen molar-refractivity contribution in [1.82, 2.24) is 20.0 Å². The first kappa shape index (κ1) is 32.7. The highest BCUT2D eigenvalue weighted by Crippen LogP contribution is 2.30. The molecule has 43 heavy (non-hydrogen) atoms. The summed E-state index contributed by atoms with van der Waals surface area (Å²) in [6.45, 7) is 1.52. The van der Waals surface area contributed by atoms with E-state index < -0.39 is 29.7 Å². The number of amides is 4. The summed E-state index contributed by atoms with van der Waals surface area (Å²) in [5, 5.41) is 4.80. The van der Waals surface area contributed by atoms with E-state index in [0.717, 1.165) is 17.5 Å². The van der Waals surface area contributed by atoms with E-state index in [1.54, 1.807) is 4.90 Å². The van der Waals surface area contributed by atoms with Crippen molar-refractivity contribution in [3.63, 3.8) is 0 Å². The molecule has 0 aromatic heterocycles. The molecule has 2 aromatic carbocycles. The highest BCUT2D eigenvalue weighted by Gasteiger charge is 2.37. The first-order valence-electron chi connectivity index (χ1n) is 14.2. The van der Waals surface area contributed by atoms with E-state index in [0.29, 0.717) is 13.1 Å². The SMILES string of the molecule is CN(C)[C@@H]1CCN(C(=O)CCC(=O)N2Cc3ccccc3C[C@H]2C(=O)N[C@@H](CCN)C(=O)Nc2ccc(Cl)c(Cl)c2F)C1. The van der Waals surface area contributed by atoms with Gasteiger partial charge in [-0.25, -0.2) is 4.39 Å². The van der Waals surface area contributed by atoms with Crippen LogP contribution in [0, 0.1) is 5.82 Å². The van der Waals surface area contributed by atoms with E-state index in [9.17, 15) is 23.6 Å². The standard InChI is InChI=1S/C30H37Cl2FN6O4/c1-37(2)20-12-14-38(17-20)25(40)9-10-26(41)39-16-19-6-4-3-5-18(19)15-24(39)30(43)36-23(11-13-34)29(42)35-22-8-7-21(31)27(32)28(22)33/h3-8,20,23-24H,9-17,34H2,1-2H3,(H,35,42)(H,36,43)/t20-,23+,24+/m1/s1. The molecule has 1 saturated heterocycles. The van der Waals surface area contributed by atoms with Crippen molar-refractivity contribution < 1.29 is 23.6 Å². The number of hydrogen-bond donors (Lipinski definition) is 3. The summed E-state index contributed by atoms with van der Waals surface area (Å²) in [5.74, 6) is -2.57. The number of likely N-dealkylation sites (tertiary alicyclic amines) is 1. The molecule has 4 amide bonds. The van der Waals surface area contributed by atoms with Gasteiger partial charge >= 0.3 is 0 Å². The number of carbonyl (C=O) groups excluding carboxylic acids is 4. The molecular weight excluding hydrogens is 598 g/mol. The average molecular weight is 636 g/mol.